The first-order chi connectivity index (χ1) is 17.6. The van der Waals surface area contributed by atoms with Gasteiger partial charge in [0.1, 0.15) is 5.75 Å². The largest absolute Gasteiger partial charge is 0.506 e. The minimum absolute atomic E-state index is 0.191. The summed E-state index contributed by atoms with van der Waals surface area (Å²) in [6.07, 6.45) is 3.95. The number of phenolic OH excluding ortho intramolecular Hbond substituents is 1. The molecule has 0 radical (unpaired) electrons. The second kappa shape index (κ2) is 9.87. The molecule has 36 heavy (non-hydrogen) atoms. The summed E-state index contributed by atoms with van der Waals surface area (Å²) in [5.74, 6) is 0.875. The Hall–Kier alpha value is -2.89. The summed E-state index contributed by atoms with van der Waals surface area (Å²) >= 11 is 6.95. The molecule has 0 aliphatic carbocycles. The Balaban J connectivity index is 1.51. The maximum absolute atomic E-state index is 10.6. The van der Waals surface area contributed by atoms with Crippen molar-refractivity contribution in [2.45, 2.75) is 24.7 Å². The molecule has 0 amide bonds. The molecule has 6 rings (SSSR count). The third kappa shape index (κ3) is 4.39. The van der Waals surface area contributed by atoms with E-state index < -0.39 is 0 Å². The summed E-state index contributed by atoms with van der Waals surface area (Å²) in [5, 5.41) is 10.6. The van der Waals surface area contributed by atoms with Gasteiger partial charge in [-0.15, -0.1) is 0 Å². The van der Waals surface area contributed by atoms with Crippen molar-refractivity contribution in [2.24, 2.45) is 4.99 Å². The molecule has 4 aromatic rings. The van der Waals surface area contributed by atoms with E-state index in [0.717, 1.165) is 36.1 Å². The zero-order chi connectivity index (χ0) is 24.6. The molecule has 0 spiro atoms. The molecule has 1 N–H and O–H groups in total. The number of anilines is 1. The van der Waals surface area contributed by atoms with Crippen LogP contribution >= 0.6 is 31.9 Å². The summed E-state index contributed by atoms with van der Waals surface area (Å²) in [6, 6.07) is 29.9. The Kier molecular flexibility index (Phi) is 6.44. The van der Waals surface area contributed by atoms with Crippen molar-refractivity contribution in [3.63, 3.8) is 0 Å². The SMILES string of the molecule is Oc1c(Br)cc(Br)cc1C=Nc1cc2c3c(c1)C(c1ccccc1)CCN3CCC2c1ccccc1. The fourth-order valence-corrected chi connectivity index (χ4v) is 7.00. The van der Waals surface area contributed by atoms with Gasteiger partial charge in [0.25, 0.3) is 0 Å². The van der Waals surface area contributed by atoms with Crippen molar-refractivity contribution >= 4 is 49.4 Å². The number of hydrogen-bond donors (Lipinski definition) is 1. The van der Waals surface area contributed by atoms with Gasteiger partial charge >= 0.3 is 0 Å². The standard InChI is InChI=1S/C31H26Br2N2O/c32-23-15-22(31(36)29(33)16-23)19-34-24-17-27-25(20-7-3-1-4-8-20)11-13-35-14-12-26(28(18-24)30(27)35)21-9-5-2-6-10-21/h1-10,15-19,25-26,36H,11-14H2. The highest BCUT2D eigenvalue weighted by atomic mass is 79.9. The first kappa shape index (κ1) is 23.5. The highest BCUT2D eigenvalue weighted by Crippen LogP contribution is 2.50. The topological polar surface area (TPSA) is 35.8 Å². The second-order valence-corrected chi connectivity index (χ2v) is 11.3. The number of phenols is 1. The van der Waals surface area contributed by atoms with E-state index in [9.17, 15) is 5.11 Å². The van der Waals surface area contributed by atoms with Crippen LogP contribution in [-0.4, -0.2) is 24.4 Å². The molecule has 3 nitrogen and oxygen atoms in total. The van der Waals surface area contributed by atoms with E-state index in [0.29, 0.717) is 21.9 Å². The average molecular weight is 602 g/mol. The van der Waals surface area contributed by atoms with Gasteiger partial charge < -0.3 is 10.0 Å². The van der Waals surface area contributed by atoms with Crippen molar-refractivity contribution in [1.29, 1.82) is 0 Å². The fourth-order valence-electron chi connectivity index (χ4n) is 5.74. The number of halogens is 2. The first-order valence-electron chi connectivity index (χ1n) is 12.3. The lowest BCUT2D eigenvalue weighted by molar-refractivity contribution is 0.471. The van der Waals surface area contributed by atoms with Crippen LogP contribution in [0.2, 0.25) is 0 Å². The summed E-state index contributed by atoms with van der Waals surface area (Å²) in [5.41, 5.74) is 8.41. The summed E-state index contributed by atoms with van der Waals surface area (Å²) < 4.78 is 1.53. The Morgan fingerprint density at radius 3 is 1.89 bits per heavy atom. The molecular weight excluding hydrogens is 576 g/mol. The van der Waals surface area contributed by atoms with Crippen molar-refractivity contribution in [2.75, 3.05) is 18.0 Å². The van der Waals surface area contributed by atoms with Gasteiger partial charge in [-0.25, -0.2) is 0 Å². The fraction of sp³-hybridized carbons (Fsp3) is 0.194. The van der Waals surface area contributed by atoms with Crippen molar-refractivity contribution in [3.05, 3.63) is 122 Å². The molecule has 2 aliphatic heterocycles. The molecular formula is C31H26Br2N2O. The van der Waals surface area contributed by atoms with Crippen LogP contribution in [0.5, 0.6) is 5.75 Å². The Bertz CT molecular complexity index is 1360. The lowest BCUT2D eigenvalue weighted by Gasteiger charge is -2.43. The van der Waals surface area contributed by atoms with E-state index >= 15 is 0 Å². The zero-order valence-electron chi connectivity index (χ0n) is 19.7. The van der Waals surface area contributed by atoms with Crippen molar-refractivity contribution < 1.29 is 5.11 Å². The summed E-state index contributed by atoms with van der Waals surface area (Å²) in [4.78, 5) is 7.47. The molecule has 2 heterocycles. The lowest BCUT2D eigenvalue weighted by Crippen LogP contribution is -2.37. The quantitative estimate of drug-likeness (QED) is 0.238. The van der Waals surface area contributed by atoms with Crippen LogP contribution in [0.4, 0.5) is 11.4 Å². The van der Waals surface area contributed by atoms with Gasteiger partial charge in [0.15, 0.2) is 0 Å². The minimum atomic E-state index is 0.191. The second-order valence-electron chi connectivity index (χ2n) is 9.55. The minimum Gasteiger partial charge on any atom is -0.506 e. The average Bonchev–Trinajstić information content (AvgIpc) is 2.91. The van der Waals surface area contributed by atoms with E-state index in [1.165, 1.54) is 27.9 Å². The molecule has 2 aliphatic rings. The molecule has 5 heteroatoms. The summed E-state index contributed by atoms with van der Waals surface area (Å²) in [7, 11) is 0. The number of rotatable bonds is 4. The number of benzene rings is 4. The molecule has 0 bridgehead atoms. The van der Waals surface area contributed by atoms with E-state index in [4.69, 9.17) is 4.99 Å². The highest BCUT2D eigenvalue weighted by molar-refractivity contribution is 9.11. The maximum Gasteiger partial charge on any atom is 0.138 e. The Labute approximate surface area is 228 Å². The molecule has 0 saturated carbocycles. The van der Waals surface area contributed by atoms with Crippen molar-refractivity contribution in [1.82, 2.24) is 0 Å². The molecule has 0 fully saturated rings. The zero-order valence-corrected chi connectivity index (χ0v) is 22.9. The molecule has 180 valence electrons. The van der Waals surface area contributed by atoms with Gasteiger partial charge in [0.2, 0.25) is 0 Å². The third-order valence-electron chi connectivity index (χ3n) is 7.41. The van der Waals surface area contributed by atoms with Gasteiger partial charge in [0, 0.05) is 46.9 Å². The van der Waals surface area contributed by atoms with Crippen LogP contribution in [0.15, 0.2) is 98.9 Å². The molecule has 0 aromatic heterocycles. The van der Waals surface area contributed by atoms with Crippen LogP contribution in [0.3, 0.4) is 0 Å². The Morgan fingerprint density at radius 2 is 1.33 bits per heavy atom. The lowest BCUT2D eigenvalue weighted by atomic mass is 9.76. The Morgan fingerprint density at radius 1 is 0.778 bits per heavy atom. The smallest absolute Gasteiger partial charge is 0.138 e. The van der Waals surface area contributed by atoms with Gasteiger partial charge in [-0.3, -0.25) is 4.99 Å². The monoisotopic (exact) mass is 600 g/mol. The third-order valence-corrected chi connectivity index (χ3v) is 8.47. The molecule has 0 saturated heterocycles. The van der Waals surface area contributed by atoms with Crippen LogP contribution in [0.25, 0.3) is 0 Å². The molecule has 4 aromatic carbocycles. The van der Waals surface area contributed by atoms with Gasteiger partial charge in [-0.05, 0) is 75.3 Å². The maximum atomic E-state index is 10.6. The normalized spacial score (nSPS) is 18.9. The number of nitrogens with zero attached hydrogens (tertiary/aromatic N) is 2. The highest BCUT2D eigenvalue weighted by Gasteiger charge is 2.35. The number of aromatic hydroxyl groups is 1. The van der Waals surface area contributed by atoms with E-state index in [1.807, 2.05) is 12.1 Å². The van der Waals surface area contributed by atoms with Crippen LogP contribution < -0.4 is 4.90 Å². The van der Waals surface area contributed by atoms with E-state index in [2.05, 4.69) is 110 Å². The molecule has 2 unspecified atom stereocenters. The molecule has 2 atom stereocenters. The van der Waals surface area contributed by atoms with Gasteiger partial charge in [-0.1, -0.05) is 76.6 Å². The van der Waals surface area contributed by atoms with E-state index in [-0.39, 0.29) is 5.75 Å². The van der Waals surface area contributed by atoms with Crippen molar-refractivity contribution in [3.8, 4) is 5.75 Å². The first-order valence-corrected chi connectivity index (χ1v) is 13.9. The van der Waals surface area contributed by atoms with Gasteiger partial charge in [-0.2, -0.15) is 0 Å². The summed E-state index contributed by atoms with van der Waals surface area (Å²) in [6.45, 7) is 2.15. The number of aliphatic imine (C=N–C) groups is 1. The van der Waals surface area contributed by atoms with Gasteiger partial charge in [0.05, 0.1) is 10.2 Å². The predicted octanol–water partition coefficient (Wildman–Crippen LogP) is 8.55. The van der Waals surface area contributed by atoms with Crippen LogP contribution in [0, 0.1) is 0 Å². The van der Waals surface area contributed by atoms with Crippen LogP contribution in [0.1, 0.15) is 52.5 Å². The number of hydrogen-bond acceptors (Lipinski definition) is 3. The predicted molar refractivity (Wildman–Crippen MR) is 155 cm³/mol. The van der Waals surface area contributed by atoms with E-state index in [1.54, 1.807) is 6.21 Å². The van der Waals surface area contributed by atoms with Crippen LogP contribution in [-0.2, 0) is 0 Å².